The maximum atomic E-state index is 14.9. The molecule has 0 bridgehead atoms. The van der Waals surface area contributed by atoms with E-state index in [1.54, 1.807) is 0 Å². The van der Waals surface area contributed by atoms with Crippen molar-refractivity contribution in [2.24, 2.45) is 0 Å². The van der Waals surface area contributed by atoms with Crippen LogP contribution in [0, 0.1) is 55.7 Å². The highest BCUT2D eigenvalue weighted by molar-refractivity contribution is 6.95. The first kappa shape index (κ1) is 20.5. The highest BCUT2D eigenvalue weighted by atomic mass is 27.2. The highest BCUT2D eigenvalue weighted by Crippen LogP contribution is 2.16. The number of rotatable bonds is 3. The van der Waals surface area contributed by atoms with Crippen LogP contribution < -0.4 is 13.3 Å². The van der Waals surface area contributed by atoms with Crippen LogP contribution in [-0.2, 0) is 0 Å². The van der Waals surface area contributed by atoms with Crippen LogP contribution in [0.4, 0.5) is 26.3 Å². The van der Waals surface area contributed by atoms with Gasteiger partial charge < -0.3 is 0 Å². The van der Waals surface area contributed by atoms with Crippen molar-refractivity contribution in [3.8, 4) is 0 Å². The fourth-order valence-electron chi connectivity index (χ4n) is 3.26. The molecule has 144 valence electrons. The Balaban J connectivity index is 2.51. The van der Waals surface area contributed by atoms with Crippen molar-refractivity contribution in [3.05, 3.63) is 88.0 Å². The van der Waals surface area contributed by atoms with E-state index in [0.29, 0.717) is 0 Å². The lowest BCUT2D eigenvalue weighted by atomic mass is 10.2. The Labute approximate surface area is 162 Å². The van der Waals surface area contributed by atoms with Gasteiger partial charge in [-0.3, -0.25) is 0 Å². The summed E-state index contributed by atoms with van der Waals surface area (Å²) in [4.78, 5) is 0. The molecule has 0 aliphatic carbocycles. The van der Waals surface area contributed by atoms with Gasteiger partial charge in [-0.2, -0.15) is 0 Å². The van der Waals surface area contributed by atoms with Gasteiger partial charge in [-0.15, -0.1) is 0 Å². The summed E-state index contributed by atoms with van der Waals surface area (Å²) in [5.74, 6) is -6.46. The van der Waals surface area contributed by atoms with E-state index < -0.39 is 62.3 Å². The molecule has 7 heteroatoms. The summed E-state index contributed by atoms with van der Waals surface area (Å²) in [5, 5.41) is 0. The third-order valence-electron chi connectivity index (χ3n) is 4.82. The summed E-state index contributed by atoms with van der Waals surface area (Å²) >= 11 is -3.88. The van der Waals surface area contributed by atoms with Gasteiger partial charge >= 0.3 is 14.1 Å². The van der Waals surface area contributed by atoms with Crippen molar-refractivity contribution < 1.29 is 26.3 Å². The molecule has 0 saturated heterocycles. The van der Waals surface area contributed by atoms with E-state index in [4.69, 9.17) is 0 Å². The molecule has 3 aromatic rings. The molecular weight excluding hydrogens is 393 g/mol. The zero-order valence-electron chi connectivity index (χ0n) is 15.3. The fourth-order valence-corrected chi connectivity index (χ4v) is 6.69. The van der Waals surface area contributed by atoms with Crippen molar-refractivity contribution in [1.29, 1.82) is 0 Å². The normalized spacial score (nSPS) is 11.0. The molecule has 0 radical (unpaired) electrons. The topological polar surface area (TPSA) is 0 Å². The minimum absolute atomic E-state index is 0.0100. The van der Waals surface area contributed by atoms with Gasteiger partial charge in [0.25, 0.3) is 0 Å². The average molecular weight is 408 g/mol. The SMILES string of the molecule is Cc1ccc(F)[c]([Al]([c]2c(F)ccc(C)c2F)[c]2c(F)ccc(C)c2F)c1F. The van der Waals surface area contributed by atoms with Crippen molar-refractivity contribution in [2.45, 2.75) is 20.8 Å². The van der Waals surface area contributed by atoms with Gasteiger partial charge in [0.15, 0.2) is 0 Å². The van der Waals surface area contributed by atoms with Gasteiger partial charge in [0.1, 0.15) is 34.9 Å². The molecule has 0 amide bonds. The summed E-state index contributed by atoms with van der Waals surface area (Å²) < 4.78 is 86.8. The first-order valence-corrected chi connectivity index (χ1v) is 10.2. The minimum atomic E-state index is -3.88. The lowest BCUT2D eigenvalue weighted by Gasteiger charge is -2.20. The predicted molar refractivity (Wildman–Crippen MR) is 97.9 cm³/mol. The molecule has 0 spiro atoms. The standard InChI is InChI=1S/3C7H5F2.Al/c3*1-5-2-3-6(8)4-7(5)9;/h3*2-3H,1H3;. The second kappa shape index (κ2) is 7.65. The Morgan fingerprint density at radius 3 is 0.964 bits per heavy atom. The molecule has 0 aliphatic heterocycles. The average Bonchev–Trinajstić information content (AvgIpc) is 2.65. The van der Waals surface area contributed by atoms with Crippen LogP contribution in [0.1, 0.15) is 16.7 Å². The van der Waals surface area contributed by atoms with Gasteiger partial charge in [0.2, 0.25) is 0 Å². The molecule has 0 heterocycles. The van der Waals surface area contributed by atoms with E-state index in [1.165, 1.54) is 20.8 Å². The van der Waals surface area contributed by atoms with Gasteiger partial charge in [0.05, 0.1) is 0 Å². The molecule has 3 rings (SSSR count). The number of hydrogen-bond donors (Lipinski definition) is 0. The lowest BCUT2D eigenvalue weighted by molar-refractivity contribution is 0.582. The molecule has 0 saturated carbocycles. The first-order valence-electron chi connectivity index (χ1n) is 8.48. The Bertz CT molecular complexity index is 941. The molecule has 0 unspecified atom stereocenters. The molecule has 0 aliphatic rings. The lowest BCUT2D eigenvalue weighted by Crippen LogP contribution is -2.59. The van der Waals surface area contributed by atoms with Gasteiger partial charge in [-0.1, -0.05) is 18.2 Å². The predicted octanol–water partition coefficient (Wildman–Crippen LogP) is 3.96. The second-order valence-corrected chi connectivity index (χ2v) is 9.31. The van der Waals surface area contributed by atoms with E-state index in [0.717, 1.165) is 36.4 Å². The Morgan fingerprint density at radius 2 is 0.714 bits per heavy atom. The van der Waals surface area contributed by atoms with Gasteiger partial charge in [-0.25, -0.2) is 26.3 Å². The Morgan fingerprint density at radius 1 is 0.464 bits per heavy atom. The van der Waals surface area contributed by atoms with Crippen molar-refractivity contribution in [3.63, 3.8) is 0 Å². The van der Waals surface area contributed by atoms with Crippen LogP contribution >= 0.6 is 0 Å². The largest absolute Gasteiger partial charge is 0.411 e. The number of hydrogen-bond acceptors (Lipinski definition) is 0. The smallest absolute Gasteiger partial charge is 0.208 e. The first-order chi connectivity index (χ1) is 13.1. The maximum Gasteiger partial charge on any atom is 0.411 e. The van der Waals surface area contributed by atoms with Crippen LogP contribution in [0.3, 0.4) is 0 Å². The molecule has 0 fully saturated rings. The molecule has 0 nitrogen and oxygen atoms in total. The molecule has 0 atom stereocenters. The summed E-state index contributed by atoms with van der Waals surface area (Å²) in [7, 11) is 0. The van der Waals surface area contributed by atoms with Gasteiger partial charge in [-0.05, 0) is 68.9 Å². The van der Waals surface area contributed by atoms with E-state index in [1.807, 2.05) is 0 Å². The van der Waals surface area contributed by atoms with Crippen LogP contribution in [0.2, 0.25) is 0 Å². The number of halogens is 6. The zero-order chi connectivity index (χ0) is 20.7. The zero-order valence-corrected chi connectivity index (χ0v) is 16.5. The van der Waals surface area contributed by atoms with Crippen molar-refractivity contribution >= 4 is 27.4 Å². The summed E-state index contributed by atoms with van der Waals surface area (Å²) in [6.07, 6.45) is 0. The van der Waals surface area contributed by atoms with Crippen molar-refractivity contribution in [1.82, 2.24) is 0 Å². The Hall–Kier alpha value is -2.23. The van der Waals surface area contributed by atoms with Crippen LogP contribution in [0.25, 0.3) is 0 Å². The fraction of sp³-hybridized carbons (Fsp3) is 0.143. The number of aryl methyl sites for hydroxylation is 3. The highest BCUT2D eigenvalue weighted by Gasteiger charge is 2.40. The van der Waals surface area contributed by atoms with Crippen molar-refractivity contribution in [2.75, 3.05) is 0 Å². The molecule has 3 aromatic carbocycles. The molecule has 28 heavy (non-hydrogen) atoms. The summed E-state index contributed by atoms with van der Waals surface area (Å²) in [5.41, 5.74) is 0.0301. The Kier molecular flexibility index (Phi) is 5.60. The second-order valence-electron chi connectivity index (χ2n) is 6.71. The van der Waals surface area contributed by atoms with E-state index in [-0.39, 0.29) is 16.7 Å². The summed E-state index contributed by atoms with van der Waals surface area (Å²) in [6, 6.07) is 6.28. The third-order valence-corrected chi connectivity index (χ3v) is 8.14. The van der Waals surface area contributed by atoms with Crippen LogP contribution in [0.15, 0.2) is 36.4 Å². The van der Waals surface area contributed by atoms with E-state index in [2.05, 4.69) is 0 Å². The molecular formula is C21H15AlF6. The third kappa shape index (κ3) is 3.34. The van der Waals surface area contributed by atoms with E-state index >= 15 is 0 Å². The molecule has 0 N–H and O–H groups in total. The summed E-state index contributed by atoms with van der Waals surface area (Å²) in [6.45, 7) is 4.03. The minimum Gasteiger partial charge on any atom is -0.208 e. The maximum absolute atomic E-state index is 14.9. The quantitative estimate of drug-likeness (QED) is 0.455. The monoisotopic (exact) mass is 408 g/mol. The molecule has 0 aromatic heterocycles. The van der Waals surface area contributed by atoms with Crippen LogP contribution in [-0.4, -0.2) is 14.1 Å². The van der Waals surface area contributed by atoms with Gasteiger partial charge in [0, 0.05) is 0 Å². The van der Waals surface area contributed by atoms with E-state index in [9.17, 15) is 26.3 Å². The number of benzene rings is 3. The van der Waals surface area contributed by atoms with Crippen LogP contribution in [0.5, 0.6) is 0 Å².